The quantitative estimate of drug-likeness (QED) is 0.128. The summed E-state index contributed by atoms with van der Waals surface area (Å²) in [4.78, 5) is -1.70. The fraction of sp³-hybridized carbons (Fsp3) is 1.00. The minimum absolute atomic E-state index is 0.0314. The summed E-state index contributed by atoms with van der Waals surface area (Å²) in [6.07, 6.45) is -1.12. The summed E-state index contributed by atoms with van der Waals surface area (Å²) < 4.78 is 22.6. The average molecular weight is 504 g/mol. The van der Waals surface area contributed by atoms with Crippen LogP contribution in [0.4, 0.5) is 0 Å². The predicted octanol–water partition coefficient (Wildman–Crippen LogP) is 3.69. The fourth-order valence-electron chi connectivity index (χ4n) is 2.46. The van der Waals surface area contributed by atoms with Gasteiger partial charge in [-0.15, -0.1) is 46.4 Å². The highest BCUT2D eigenvalue weighted by molar-refractivity contribution is 6.72. The van der Waals surface area contributed by atoms with Crippen LogP contribution in [0.5, 0.6) is 0 Å². The summed E-state index contributed by atoms with van der Waals surface area (Å²) in [5, 5.41) is 21.1. The van der Waals surface area contributed by atoms with Crippen LogP contribution in [0, 0.1) is 0 Å². The molecule has 0 aromatic heterocycles. The number of rotatable bonds is 18. The van der Waals surface area contributed by atoms with Gasteiger partial charge in [-0.1, -0.05) is 13.3 Å². The molecular formula is C17H34Cl4O6Si. The van der Waals surface area contributed by atoms with E-state index in [9.17, 15) is 10.2 Å². The molecule has 0 aromatic rings. The van der Waals surface area contributed by atoms with E-state index in [1.165, 1.54) is 0 Å². The number of hydrogen-bond acceptors (Lipinski definition) is 6. The van der Waals surface area contributed by atoms with Gasteiger partial charge in [-0.05, 0) is 19.5 Å². The van der Waals surface area contributed by atoms with E-state index in [0.29, 0.717) is 12.5 Å². The highest BCUT2D eigenvalue weighted by Gasteiger charge is 2.50. The lowest BCUT2D eigenvalue weighted by molar-refractivity contribution is -0.207. The molecule has 0 amide bonds. The second-order valence-electron chi connectivity index (χ2n) is 6.81. The summed E-state index contributed by atoms with van der Waals surface area (Å²) in [6.45, 7) is 7.07. The molecule has 170 valence electrons. The average Bonchev–Trinajstić information content (AvgIpc) is 2.66. The number of halogens is 4. The van der Waals surface area contributed by atoms with Crippen molar-refractivity contribution >= 4 is 54.7 Å². The fourth-order valence-corrected chi connectivity index (χ4v) is 5.33. The van der Waals surface area contributed by atoms with Gasteiger partial charge in [-0.2, -0.15) is 0 Å². The van der Waals surface area contributed by atoms with E-state index < -0.39 is 31.5 Å². The van der Waals surface area contributed by atoms with Crippen molar-refractivity contribution in [3.63, 3.8) is 0 Å². The summed E-state index contributed by atoms with van der Waals surface area (Å²) in [5.41, 5.74) is -0.468. The Kier molecular flexibility index (Phi) is 16.5. The molecule has 0 spiro atoms. The van der Waals surface area contributed by atoms with Crippen LogP contribution in [-0.4, -0.2) is 85.8 Å². The Morgan fingerprint density at radius 3 is 1.75 bits per heavy atom. The summed E-state index contributed by atoms with van der Waals surface area (Å²) in [6, 6.07) is 0. The van der Waals surface area contributed by atoms with Gasteiger partial charge in [-0.25, -0.2) is 0 Å². The molecule has 0 radical (unpaired) electrons. The molecule has 0 rings (SSSR count). The molecule has 0 saturated carbocycles. The van der Waals surface area contributed by atoms with Gasteiger partial charge >= 0.3 is 0 Å². The van der Waals surface area contributed by atoms with Gasteiger partial charge in [-0.3, -0.25) is 0 Å². The molecule has 0 heterocycles. The predicted molar refractivity (Wildman–Crippen MR) is 117 cm³/mol. The molecule has 0 fully saturated rings. The zero-order valence-electron chi connectivity index (χ0n) is 16.8. The van der Waals surface area contributed by atoms with Crippen molar-refractivity contribution in [2.75, 3.05) is 44.1 Å². The van der Waals surface area contributed by atoms with Crippen LogP contribution in [0.3, 0.4) is 0 Å². The Hall–Kier alpha value is 1.14. The van der Waals surface area contributed by atoms with Gasteiger partial charge in [0.2, 0.25) is 8.32 Å². The third-order valence-corrected chi connectivity index (χ3v) is 8.03. The Morgan fingerprint density at radius 2 is 1.32 bits per heavy atom. The molecule has 0 aliphatic heterocycles. The molecule has 6 nitrogen and oxygen atoms in total. The van der Waals surface area contributed by atoms with Gasteiger partial charge in [0.05, 0.1) is 25.5 Å². The van der Waals surface area contributed by atoms with E-state index in [2.05, 4.69) is 6.92 Å². The van der Waals surface area contributed by atoms with Gasteiger partial charge in [0, 0.05) is 30.7 Å². The largest absolute Gasteiger partial charge is 0.415 e. The normalized spacial score (nSPS) is 17.9. The number of alkyl halides is 4. The standard InChI is InChI=1S/C17H34Cl4O6Si/c1-4-5-9-27-28(2,3)14(24-10-6-18)13-17(21,15(22)25-11-7-19)16(23)26-12-8-20/h14-16,22-23H,4-13H2,1-3H3. The molecule has 0 aliphatic rings. The molecule has 0 aliphatic carbocycles. The molecule has 2 N–H and O–H groups in total. The van der Waals surface area contributed by atoms with Crippen LogP contribution in [0.1, 0.15) is 26.2 Å². The number of aliphatic hydroxyl groups excluding tert-OH is 2. The lowest BCUT2D eigenvalue weighted by atomic mass is 10.0. The molecule has 0 aromatic carbocycles. The highest BCUT2D eigenvalue weighted by atomic mass is 35.5. The number of ether oxygens (including phenoxy) is 3. The van der Waals surface area contributed by atoms with Crippen LogP contribution >= 0.6 is 46.4 Å². The van der Waals surface area contributed by atoms with Crippen molar-refractivity contribution in [1.29, 1.82) is 0 Å². The van der Waals surface area contributed by atoms with Gasteiger partial charge in [0.1, 0.15) is 4.87 Å². The van der Waals surface area contributed by atoms with Crippen LogP contribution in [-0.2, 0) is 18.6 Å². The minimum Gasteiger partial charge on any atom is -0.415 e. The van der Waals surface area contributed by atoms with Crippen LogP contribution in [0.2, 0.25) is 13.1 Å². The first-order valence-electron chi connectivity index (χ1n) is 9.41. The smallest absolute Gasteiger partial charge is 0.215 e. The lowest BCUT2D eigenvalue weighted by Gasteiger charge is -2.41. The van der Waals surface area contributed by atoms with E-state index >= 15 is 0 Å². The maximum Gasteiger partial charge on any atom is 0.215 e. The Labute approximate surface area is 189 Å². The van der Waals surface area contributed by atoms with E-state index in [0.717, 1.165) is 12.8 Å². The number of aliphatic hydroxyl groups is 2. The Morgan fingerprint density at radius 1 is 0.857 bits per heavy atom. The lowest BCUT2D eigenvalue weighted by Crippen LogP contribution is -2.57. The SMILES string of the molecule is CCCCO[Si](C)(C)C(CC(Cl)(C(O)OCCCl)C(O)OCCCl)OCCCl. The third kappa shape index (κ3) is 10.4. The second kappa shape index (κ2) is 15.9. The summed E-state index contributed by atoms with van der Waals surface area (Å²) in [5.74, 6) is 0.617. The van der Waals surface area contributed by atoms with E-state index in [1.807, 2.05) is 13.1 Å². The molecule has 28 heavy (non-hydrogen) atoms. The monoisotopic (exact) mass is 502 g/mol. The number of unbranched alkanes of at least 4 members (excludes halogenated alkanes) is 1. The van der Waals surface area contributed by atoms with Crippen molar-refractivity contribution < 1.29 is 28.8 Å². The molecular weight excluding hydrogens is 470 g/mol. The maximum absolute atomic E-state index is 10.5. The summed E-state index contributed by atoms with van der Waals surface area (Å²) in [7, 11) is -2.42. The first-order chi connectivity index (χ1) is 13.2. The van der Waals surface area contributed by atoms with E-state index in [-0.39, 0.29) is 38.0 Å². The first-order valence-corrected chi connectivity index (χ1v) is 14.4. The topological polar surface area (TPSA) is 77.4 Å². The van der Waals surface area contributed by atoms with E-state index in [4.69, 9.17) is 65.0 Å². The summed E-state index contributed by atoms with van der Waals surface area (Å²) >= 11 is 23.7. The van der Waals surface area contributed by atoms with Gasteiger partial charge in [0.15, 0.2) is 12.6 Å². The van der Waals surface area contributed by atoms with Crippen LogP contribution < -0.4 is 0 Å². The maximum atomic E-state index is 10.5. The Bertz CT molecular complexity index is 381. The van der Waals surface area contributed by atoms with E-state index in [1.54, 1.807) is 0 Å². The second-order valence-corrected chi connectivity index (χ2v) is 12.8. The minimum atomic E-state index is -2.42. The van der Waals surface area contributed by atoms with Crippen LogP contribution in [0.15, 0.2) is 0 Å². The molecule has 3 atom stereocenters. The third-order valence-electron chi connectivity index (χ3n) is 4.17. The van der Waals surface area contributed by atoms with Crippen molar-refractivity contribution in [3.8, 4) is 0 Å². The van der Waals surface area contributed by atoms with Crippen molar-refractivity contribution in [2.45, 2.75) is 62.5 Å². The van der Waals surface area contributed by atoms with Gasteiger partial charge < -0.3 is 28.8 Å². The zero-order chi connectivity index (χ0) is 21.6. The number of hydrogen-bond donors (Lipinski definition) is 2. The first kappa shape index (κ1) is 29.1. The molecule has 3 unspecified atom stereocenters. The van der Waals surface area contributed by atoms with Crippen molar-refractivity contribution in [3.05, 3.63) is 0 Å². The Balaban J connectivity index is 5.52. The highest BCUT2D eigenvalue weighted by Crippen LogP contribution is 2.35. The van der Waals surface area contributed by atoms with Crippen LogP contribution in [0.25, 0.3) is 0 Å². The zero-order valence-corrected chi connectivity index (χ0v) is 20.9. The molecule has 0 saturated heterocycles. The van der Waals surface area contributed by atoms with Gasteiger partial charge in [0.25, 0.3) is 0 Å². The van der Waals surface area contributed by atoms with Crippen molar-refractivity contribution in [1.82, 2.24) is 0 Å². The molecule has 0 bridgehead atoms. The van der Waals surface area contributed by atoms with Crippen molar-refractivity contribution in [2.24, 2.45) is 0 Å². The molecule has 11 heteroatoms.